The fourth-order valence-corrected chi connectivity index (χ4v) is 4.06. The zero-order chi connectivity index (χ0) is 28.0. The van der Waals surface area contributed by atoms with Gasteiger partial charge in [-0.1, -0.05) is 50.0 Å². The lowest BCUT2D eigenvalue weighted by atomic mass is 9.86. The van der Waals surface area contributed by atoms with Crippen molar-refractivity contribution >= 4 is 5.97 Å². The Kier molecular flexibility index (Phi) is 9.43. The van der Waals surface area contributed by atoms with Gasteiger partial charge in [-0.3, -0.25) is 4.79 Å². The summed E-state index contributed by atoms with van der Waals surface area (Å²) in [6.07, 6.45) is -2.68. The third-order valence-corrected chi connectivity index (χ3v) is 5.81. The smallest absolute Gasteiger partial charge is 0.308 e. The second-order valence-electron chi connectivity index (χ2n) is 10.6. The van der Waals surface area contributed by atoms with Crippen LogP contribution in [0.5, 0.6) is 0 Å². The summed E-state index contributed by atoms with van der Waals surface area (Å²) in [5.74, 6) is 4.68. The molecular formula is C32H34F2O4. The Hall–Kier alpha value is -3.53. The number of ether oxygens (including phenoxy) is 1. The van der Waals surface area contributed by atoms with E-state index in [0.717, 1.165) is 27.8 Å². The highest BCUT2D eigenvalue weighted by atomic mass is 19.1. The molecule has 0 saturated heterocycles. The third-order valence-electron chi connectivity index (χ3n) is 5.81. The summed E-state index contributed by atoms with van der Waals surface area (Å²) in [4.78, 5) is 12.0. The molecule has 3 rings (SSSR count). The minimum absolute atomic E-state index is 0.0498. The maximum Gasteiger partial charge on any atom is 0.308 e. The lowest BCUT2D eigenvalue weighted by Gasteiger charge is -2.20. The van der Waals surface area contributed by atoms with Crippen LogP contribution in [-0.2, 0) is 9.53 Å². The Morgan fingerprint density at radius 2 is 1.45 bits per heavy atom. The first-order valence-electron chi connectivity index (χ1n) is 12.6. The van der Waals surface area contributed by atoms with E-state index in [1.54, 1.807) is 45.0 Å². The molecule has 2 atom stereocenters. The van der Waals surface area contributed by atoms with E-state index in [1.807, 2.05) is 26.0 Å². The Bertz CT molecular complexity index is 1310. The minimum atomic E-state index is -1.19. The van der Waals surface area contributed by atoms with Crippen LogP contribution >= 0.6 is 0 Å². The molecule has 0 aliphatic carbocycles. The van der Waals surface area contributed by atoms with E-state index in [2.05, 4.69) is 11.8 Å². The van der Waals surface area contributed by atoms with E-state index in [-0.39, 0.29) is 30.4 Å². The van der Waals surface area contributed by atoms with E-state index >= 15 is 0 Å². The van der Waals surface area contributed by atoms with Gasteiger partial charge in [0, 0.05) is 12.0 Å². The standard InChI is InChI=1S/C32H34F2O4/c1-20(2)29-16-23(21-6-10-24(33)11-7-21)17-30(22-8-12-25(34)13-9-22)28(29)15-14-26(35)18-27(36)19-31(37)38-32(3,4)5/h6-13,16-17,20,26-27,35-36H,18-19H2,1-5H3/t26-,27-/m1/s1. The van der Waals surface area contributed by atoms with Crippen LogP contribution in [0, 0.1) is 23.5 Å². The van der Waals surface area contributed by atoms with Gasteiger partial charge in [0.1, 0.15) is 23.3 Å². The number of rotatable bonds is 7. The Balaban J connectivity index is 1.99. The summed E-state index contributed by atoms with van der Waals surface area (Å²) in [5.41, 5.74) is 4.05. The highest BCUT2D eigenvalue weighted by Crippen LogP contribution is 2.35. The lowest BCUT2D eigenvalue weighted by Crippen LogP contribution is -2.27. The van der Waals surface area contributed by atoms with Gasteiger partial charge >= 0.3 is 5.97 Å². The monoisotopic (exact) mass is 520 g/mol. The third kappa shape index (κ3) is 8.24. The molecule has 0 bridgehead atoms. The van der Waals surface area contributed by atoms with Crippen molar-refractivity contribution in [1.82, 2.24) is 0 Å². The molecule has 0 saturated carbocycles. The molecule has 2 N–H and O–H groups in total. The second-order valence-corrected chi connectivity index (χ2v) is 10.6. The molecule has 0 spiro atoms. The summed E-state index contributed by atoms with van der Waals surface area (Å²) >= 11 is 0. The Labute approximate surface area is 223 Å². The van der Waals surface area contributed by atoms with Gasteiger partial charge in [0.25, 0.3) is 0 Å². The van der Waals surface area contributed by atoms with Gasteiger partial charge in [0.2, 0.25) is 0 Å². The van der Waals surface area contributed by atoms with Crippen LogP contribution in [0.3, 0.4) is 0 Å². The van der Waals surface area contributed by atoms with Gasteiger partial charge in [0.05, 0.1) is 12.5 Å². The predicted molar refractivity (Wildman–Crippen MR) is 145 cm³/mol. The number of carbonyl (C=O) groups excluding carboxylic acids is 1. The zero-order valence-corrected chi connectivity index (χ0v) is 22.4. The van der Waals surface area contributed by atoms with Crippen LogP contribution in [0.4, 0.5) is 8.78 Å². The number of halogens is 2. The van der Waals surface area contributed by atoms with Crippen molar-refractivity contribution in [2.24, 2.45) is 0 Å². The minimum Gasteiger partial charge on any atom is -0.460 e. The average molecular weight is 521 g/mol. The number of carbonyl (C=O) groups is 1. The molecule has 0 amide bonds. The van der Waals surface area contributed by atoms with Gasteiger partial charge in [-0.05, 0) is 90.9 Å². The molecule has 0 fully saturated rings. The van der Waals surface area contributed by atoms with Crippen molar-refractivity contribution in [1.29, 1.82) is 0 Å². The summed E-state index contributed by atoms with van der Waals surface area (Å²) in [5, 5.41) is 20.8. The van der Waals surface area contributed by atoms with E-state index < -0.39 is 23.8 Å². The number of hydrogen-bond donors (Lipinski definition) is 2. The number of esters is 1. The molecule has 3 aromatic carbocycles. The molecule has 0 radical (unpaired) electrons. The van der Waals surface area contributed by atoms with Gasteiger partial charge < -0.3 is 14.9 Å². The Morgan fingerprint density at radius 3 is 1.97 bits per heavy atom. The first-order valence-corrected chi connectivity index (χ1v) is 12.6. The molecule has 0 aliphatic rings. The summed E-state index contributed by atoms with van der Waals surface area (Å²) in [6, 6.07) is 16.2. The van der Waals surface area contributed by atoms with Crippen molar-refractivity contribution in [3.05, 3.63) is 83.4 Å². The molecule has 0 heterocycles. The van der Waals surface area contributed by atoms with Crippen LogP contribution < -0.4 is 0 Å². The van der Waals surface area contributed by atoms with Crippen LogP contribution in [0.2, 0.25) is 0 Å². The maximum absolute atomic E-state index is 13.7. The largest absolute Gasteiger partial charge is 0.460 e. The number of hydrogen-bond acceptors (Lipinski definition) is 4. The fraction of sp³-hybridized carbons (Fsp3) is 0.344. The molecule has 0 aromatic heterocycles. The number of benzene rings is 3. The second kappa shape index (κ2) is 12.3. The summed E-state index contributed by atoms with van der Waals surface area (Å²) in [7, 11) is 0. The summed E-state index contributed by atoms with van der Waals surface area (Å²) in [6.45, 7) is 9.26. The molecule has 0 unspecified atom stereocenters. The van der Waals surface area contributed by atoms with Crippen LogP contribution in [0.1, 0.15) is 64.5 Å². The molecule has 6 heteroatoms. The van der Waals surface area contributed by atoms with Crippen molar-refractivity contribution in [3.8, 4) is 34.1 Å². The van der Waals surface area contributed by atoms with Crippen LogP contribution in [-0.4, -0.2) is 34.0 Å². The molecule has 4 nitrogen and oxygen atoms in total. The molecule has 0 aliphatic heterocycles. The van der Waals surface area contributed by atoms with Gasteiger partial charge in [-0.25, -0.2) is 8.78 Å². The molecule has 3 aromatic rings. The van der Waals surface area contributed by atoms with Crippen LogP contribution in [0.15, 0.2) is 60.7 Å². The van der Waals surface area contributed by atoms with Crippen molar-refractivity contribution < 1.29 is 28.5 Å². The van der Waals surface area contributed by atoms with Crippen molar-refractivity contribution in [3.63, 3.8) is 0 Å². The Morgan fingerprint density at radius 1 is 0.895 bits per heavy atom. The zero-order valence-electron chi connectivity index (χ0n) is 22.4. The lowest BCUT2D eigenvalue weighted by molar-refractivity contribution is -0.157. The van der Waals surface area contributed by atoms with E-state index in [0.29, 0.717) is 5.56 Å². The molecule has 38 heavy (non-hydrogen) atoms. The topological polar surface area (TPSA) is 66.8 Å². The molecular weight excluding hydrogens is 486 g/mol. The van der Waals surface area contributed by atoms with E-state index in [4.69, 9.17) is 4.74 Å². The van der Waals surface area contributed by atoms with Crippen molar-refractivity contribution in [2.45, 2.75) is 71.2 Å². The van der Waals surface area contributed by atoms with E-state index in [1.165, 1.54) is 24.3 Å². The fourth-order valence-electron chi connectivity index (χ4n) is 4.06. The quantitative estimate of drug-likeness (QED) is 0.272. The van der Waals surface area contributed by atoms with E-state index in [9.17, 15) is 23.8 Å². The average Bonchev–Trinajstić information content (AvgIpc) is 2.81. The predicted octanol–water partition coefficient (Wildman–Crippen LogP) is 6.62. The number of aliphatic hydroxyl groups is 2. The van der Waals surface area contributed by atoms with Gasteiger partial charge in [-0.15, -0.1) is 0 Å². The number of aliphatic hydroxyl groups excluding tert-OH is 2. The normalized spacial score (nSPS) is 13.0. The van der Waals surface area contributed by atoms with Crippen molar-refractivity contribution in [2.75, 3.05) is 0 Å². The molecule has 200 valence electrons. The highest BCUT2D eigenvalue weighted by molar-refractivity contribution is 5.80. The van der Waals surface area contributed by atoms with Gasteiger partial charge in [-0.2, -0.15) is 0 Å². The SMILES string of the molecule is CC(C)c1cc(-c2ccc(F)cc2)cc(-c2ccc(F)cc2)c1C#C[C@@H](O)C[C@@H](O)CC(=O)OC(C)(C)C. The first kappa shape index (κ1) is 29.0. The van der Waals surface area contributed by atoms with Gasteiger partial charge in [0.15, 0.2) is 0 Å². The highest BCUT2D eigenvalue weighted by Gasteiger charge is 2.21. The van der Waals surface area contributed by atoms with Crippen LogP contribution in [0.25, 0.3) is 22.3 Å². The maximum atomic E-state index is 13.7. The first-order chi connectivity index (χ1) is 17.8. The summed E-state index contributed by atoms with van der Waals surface area (Å²) < 4.78 is 32.5.